The van der Waals surface area contributed by atoms with Gasteiger partial charge in [0.15, 0.2) is 0 Å². The molecule has 16 heavy (non-hydrogen) atoms. The van der Waals surface area contributed by atoms with Crippen LogP contribution in [0, 0.1) is 19.8 Å². The van der Waals surface area contributed by atoms with E-state index in [1.165, 1.54) is 23.1 Å². The second-order valence-electron chi connectivity index (χ2n) is 5.26. The van der Waals surface area contributed by atoms with Gasteiger partial charge in [-0.25, -0.2) is 0 Å². The highest BCUT2D eigenvalue weighted by Crippen LogP contribution is 2.29. The Morgan fingerprint density at radius 1 is 1.19 bits per heavy atom. The standard InChI is InChI=1S/C15H25N/c1-11(2)9-14(7-8-16)15-6-5-12(3)10-13(15)4/h5-6,10-11,14H,7-9,16H2,1-4H3. The molecule has 0 radical (unpaired) electrons. The first-order chi connectivity index (χ1) is 7.54. The molecule has 0 amide bonds. The molecule has 1 atom stereocenters. The zero-order valence-electron chi connectivity index (χ0n) is 11.1. The molecule has 0 aliphatic rings. The molecule has 0 aliphatic carbocycles. The predicted molar refractivity (Wildman–Crippen MR) is 71.8 cm³/mol. The zero-order valence-corrected chi connectivity index (χ0v) is 11.1. The molecule has 1 aromatic carbocycles. The molecule has 0 aromatic heterocycles. The van der Waals surface area contributed by atoms with Gasteiger partial charge in [-0.1, -0.05) is 37.6 Å². The lowest BCUT2D eigenvalue weighted by atomic mass is 9.85. The quantitative estimate of drug-likeness (QED) is 0.801. The van der Waals surface area contributed by atoms with Crippen molar-refractivity contribution in [3.63, 3.8) is 0 Å². The summed E-state index contributed by atoms with van der Waals surface area (Å²) in [4.78, 5) is 0. The first-order valence-corrected chi connectivity index (χ1v) is 6.31. The van der Waals surface area contributed by atoms with Crippen molar-refractivity contribution in [3.8, 4) is 0 Å². The molecular formula is C15H25N. The van der Waals surface area contributed by atoms with Gasteiger partial charge in [-0.05, 0) is 56.2 Å². The van der Waals surface area contributed by atoms with Crippen molar-refractivity contribution < 1.29 is 0 Å². The summed E-state index contributed by atoms with van der Waals surface area (Å²) >= 11 is 0. The molecule has 1 aromatic rings. The Labute approximate surface area is 100 Å². The van der Waals surface area contributed by atoms with Gasteiger partial charge in [0.1, 0.15) is 0 Å². The van der Waals surface area contributed by atoms with E-state index in [1.54, 1.807) is 0 Å². The zero-order chi connectivity index (χ0) is 12.1. The van der Waals surface area contributed by atoms with E-state index < -0.39 is 0 Å². The van der Waals surface area contributed by atoms with E-state index in [4.69, 9.17) is 5.73 Å². The normalized spacial score (nSPS) is 13.1. The summed E-state index contributed by atoms with van der Waals surface area (Å²) in [6.45, 7) is 9.72. The Kier molecular flexibility index (Phi) is 5.01. The van der Waals surface area contributed by atoms with Crippen molar-refractivity contribution in [1.29, 1.82) is 0 Å². The summed E-state index contributed by atoms with van der Waals surface area (Å²) in [5.74, 6) is 1.36. The molecule has 0 heterocycles. The van der Waals surface area contributed by atoms with E-state index in [-0.39, 0.29) is 0 Å². The lowest BCUT2D eigenvalue weighted by Gasteiger charge is -2.21. The Hall–Kier alpha value is -0.820. The van der Waals surface area contributed by atoms with Crippen LogP contribution in [0.1, 0.15) is 49.3 Å². The van der Waals surface area contributed by atoms with Crippen LogP contribution in [-0.4, -0.2) is 6.54 Å². The van der Waals surface area contributed by atoms with Gasteiger partial charge in [0.05, 0.1) is 0 Å². The third kappa shape index (κ3) is 3.64. The van der Waals surface area contributed by atoms with Gasteiger partial charge in [0.25, 0.3) is 0 Å². The molecule has 0 spiro atoms. The summed E-state index contributed by atoms with van der Waals surface area (Å²) in [5.41, 5.74) is 9.97. The van der Waals surface area contributed by atoms with E-state index in [9.17, 15) is 0 Å². The fraction of sp³-hybridized carbons (Fsp3) is 0.600. The molecule has 90 valence electrons. The number of aryl methyl sites for hydroxylation is 2. The predicted octanol–water partition coefficient (Wildman–Crippen LogP) is 3.78. The molecule has 0 fully saturated rings. The van der Waals surface area contributed by atoms with Gasteiger partial charge >= 0.3 is 0 Å². The largest absolute Gasteiger partial charge is 0.330 e. The fourth-order valence-electron chi connectivity index (χ4n) is 2.45. The lowest BCUT2D eigenvalue weighted by molar-refractivity contribution is 0.479. The summed E-state index contributed by atoms with van der Waals surface area (Å²) in [6, 6.07) is 6.78. The average Bonchev–Trinajstić information content (AvgIpc) is 2.16. The van der Waals surface area contributed by atoms with Crippen molar-refractivity contribution in [2.24, 2.45) is 11.7 Å². The number of nitrogens with two attached hydrogens (primary N) is 1. The van der Waals surface area contributed by atoms with E-state index in [0.717, 1.165) is 18.9 Å². The molecule has 1 unspecified atom stereocenters. The Balaban J connectivity index is 2.91. The van der Waals surface area contributed by atoms with Crippen molar-refractivity contribution in [3.05, 3.63) is 34.9 Å². The van der Waals surface area contributed by atoms with Gasteiger partial charge < -0.3 is 5.73 Å². The number of benzene rings is 1. The highest BCUT2D eigenvalue weighted by Gasteiger charge is 2.14. The molecule has 0 aliphatic heterocycles. The monoisotopic (exact) mass is 219 g/mol. The Bertz CT molecular complexity index is 328. The van der Waals surface area contributed by atoms with Gasteiger partial charge in [-0.3, -0.25) is 0 Å². The molecule has 2 N–H and O–H groups in total. The fourth-order valence-corrected chi connectivity index (χ4v) is 2.45. The maximum Gasteiger partial charge on any atom is -0.00714 e. The summed E-state index contributed by atoms with van der Waals surface area (Å²) in [6.07, 6.45) is 2.34. The van der Waals surface area contributed by atoms with Crippen molar-refractivity contribution in [2.75, 3.05) is 6.54 Å². The van der Waals surface area contributed by atoms with E-state index >= 15 is 0 Å². The highest BCUT2D eigenvalue weighted by molar-refractivity contribution is 5.33. The molecule has 1 rings (SSSR count). The van der Waals surface area contributed by atoms with Crippen LogP contribution in [0.3, 0.4) is 0 Å². The lowest BCUT2D eigenvalue weighted by Crippen LogP contribution is -2.11. The second-order valence-corrected chi connectivity index (χ2v) is 5.26. The SMILES string of the molecule is Cc1ccc(C(CCN)CC(C)C)c(C)c1. The maximum absolute atomic E-state index is 5.72. The van der Waals surface area contributed by atoms with Gasteiger partial charge in [-0.2, -0.15) is 0 Å². The van der Waals surface area contributed by atoms with Gasteiger partial charge in [0.2, 0.25) is 0 Å². The Morgan fingerprint density at radius 3 is 2.38 bits per heavy atom. The molecule has 0 saturated carbocycles. The smallest absolute Gasteiger partial charge is 0.00714 e. The van der Waals surface area contributed by atoms with Crippen LogP contribution in [0.5, 0.6) is 0 Å². The molecule has 1 heteroatoms. The Morgan fingerprint density at radius 2 is 1.88 bits per heavy atom. The summed E-state index contributed by atoms with van der Waals surface area (Å²) < 4.78 is 0. The van der Waals surface area contributed by atoms with E-state index in [1.807, 2.05) is 0 Å². The van der Waals surface area contributed by atoms with Crippen LogP contribution < -0.4 is 5.73 Å². The van der Waals surface area contributed by atoms with E-state index in [2.05, 4.69) is 45.9 Å². The average molecular weight is 219 g/mol. The van der Waals surface area contributed by atoms with Gasteiger partial charge in [0, 0.05) is 0 Å². The third-order valence-electron chi connectivity index (χ3n) is 3.14. The van der Waals surface area contributed by atoms with Crippen LogP contribution in [0.25, 0.3) is 0 Å². The first kappa shape index (κ1) is 13.2. The topological polar surface area (TPSA) is 26.0 Å². The van der Waals surface area contributed by atoms with Crippen LogP contribution in [-0.2, 0) is 0 Å². The van der Waals surface area contributed by atoms with Crippen molar-refractivity contribution in [2.45, 2.75) is 46.5 Å². The maximum atomic E-state index is 5.72. The van der Waals surface area contributed by atoms with Gasteiger partial charge in [-0.15, -0.1) is 0 Å². The van der Waals surface area contributed by atoms with Crippen molar-refractivity contribution >= 4 is 0 Å². The van der Waals surface area contributed by atoms with E-state index in [0.29, 0.717) is 5.92 Å². The second kappa shape index (κ2) is 6.05. The number of hydrogen-bond donors (Lipinski definition) is 1. The first-order valence-electron chi connectivity index (χ1n) is 6.31. The highest BCUT2D eigenvalue weighted by atomic mass is 14.5. The van der Waals surface area contributed by atoms with Crippen LogP contribution in [0.2, 0.25) is 0 Å². The summed E-state index contributed by atoms with van der Waals surface area (Å²) in [7, 11) is 0. The van der Waals surface area contributed by atoms with Crippen LogP contribution in [0.15, 0.2) is 18.2 Å². The molecular weight excluding hydrogens is 194 g/mol. The number of rotatable bonds is 5. The molecule has 0 bridgehead atoms. The summed E-state index contributed by atoms with van der Waals surface area (Å²) in [5, 5.41) is 0. The molecule has 1 nitrogen and oxygen atoms in total. The van der Waals surface area contributed by atoms with Crippen molar-refractivity contribution in [1.82, 2.24) is 0 Å². The minimum absolute atomic E-state index is 0.630. The minimum Gasteiger partial charge on any atom is -0.330 e. The number of hydrogen-bond acceptors (Lipinski definition) is 1. The van der Waals surface area contributed by atoms with Crippen LogP contribution >= 0.6 is 0 Å². The van der Waals surface area contributed by atoms with Crippen LogP contribution in [0.4, 0.5) is 0 Å². The molecule has 0 saturated heterocycles. The third-order valence-corrected chi connectivity index (χ3v) is 3.14. The minimum atomic E-state index is 0.630.